The molecule has 2 aromatic carbocycles. The largest absolute Gasteiger partial charge is 0.271 e. The van der Waals surface area contributed by atoms with Crippen LogP contribution in [0.2, 0.25) is 5.02 Å². The number of nitrogens with two attached hydrogens (primary N) is 1. The van der Waals surface area contributed by atoms with E-state index < -0.39 is 15.9 Å². The Hall–Kier alpha value is -1.94. The molecule has 10 heteroatoms. The van der Waals surface area contributed by atoms with Crippen molar-refractivity contribution in [2.24, 2.45) is 10.2 Å². The SMILES string of the molecule is NS(=O)(=O)c1cc(C(=O)N/N=C2/CCSc3ccc(F)cc32)ccc1Cl. The van der Waals surface area contributed by atoms with Crippen molar-refractivity contribution in [3.8, 4) is 0 Å². The van der Waals surface area contributed by atoms with Gasteiger partial charge in [0.25, 0.3) is 5.91 Å². The van der Waals surface area contributed by atoms with Crippen LogP contribution in [-0.4, -0.2) is 25.8 Å². The van der Waals surface area contributed by atoms with E-state index in [1.807, 2.05) is 0 Å². The van der Waals surface area contributed by atoms with Crippen LogP contribution in [-0.2, 0) is 10.0 Å². The summed E-state index contributed by atoms with van der Waals surface area (Å²) in [5, 5.41) is 9.08. The van der Waals surface area contributed by atoms with Crippen LogP contribution < -0.4 is 10.6 Å². The fraction of sp³-hybridized carbons (Fsp3) is 0.125. The molecule has 3 rings (SSSR count). The minimum atomic E-state index is -4.06. The smallest absolute Gasteiger partial charge is 0.267 e. The molecular formula is C16H13ClFN3O3S2. The summed E-state index contributed by atoms with van der Waals surface area (Å²) >= 11 is 7.38. The Labute approximate surface area is 158 Å². The lowest BCUT2D eigenvalue weighted by molar-refractivity contribution is 0.0954. The Morgan fingerprint density at radius 3 is 2.77 bits per heavy atom. The molecule has 0 spiro atoms. The number of hydrogen-bond acceptors (Lipinski definition) is 5. The summed E-state index contributed by atoms with van der Waals surface area (Å²) in [7, 11) is -4.06. The number of primary sulfonamides is 1. The molecule has 0 unspecified atom stereocenters. The number of rotatable bonds is 3. The zero-order valence-electron chi connectivity index (χ0n) is 13.2. The monoisotopic (exact) mass is 413 g/mol. The van der Waals surface area contributed by atoms with Crippen molar-refractivity contribution in [3.63, 3.8) is 0 Å². The topological polar surface area (TPSA) is 102 Å². The Balaban J connectivity index is 1.87. The van der Waals surface area contributed by atoms with Crippen LogP contribution in [0.15, 0.2) is 51.3 Å². The molecule has 1 heterocycles. The number of fused-ring (bicyclic) bond motifs is 1. The highest BCUT2D eigenvalue weighted by Gasteiger charge is 2.19. The van der Waals surface area contributed by atoms with Crippen molar-refractivity contribution >= 4 is 45.0 Å². The third-order valence-electron chi connectivity index (χ3n) is 3.64. The molecular weight excluding hydrogens is 401 g/mol. The zero-order valence-corrected chi connectivity index (χ0v) is 15.6. The highest BCUT2D eigenvalue weighted by molar-refractivity contribution is 7.99. The summed E-state index contributed by atoms with van der Waals surface area (Å²) in [5.41, 5.74) is 3.58. The molecule has 1 amide bonds. The Morgan fingerprint density at radius 2 is 2.04 bits per heavy atom. The van der Waals surface area contributed by atoms with Crippen LogP contribution in [0.4, 0.5) is 4.39 Å². The normalized spacial score (nSPS) is 15.6. The van der Waals surface area contributed by atoms with E-state index in [4.69, 9.17) is 16.7 Å². The van der Waals surface area contributed by atoms with Crippen molar-refractivity contribution in [3.05, 3.63) is 58.4 Å². The van der Waals surface area contributed by atoms with E-state index in [-0.39, 0.29) is 21.3 Å². The molecule has 0 saturated heterocycles. The third-order valence-corrected chi connectivity index (χ3v) is 6.11. The average Bonchev–Trinajstić information content (AvgIpc) is 2.59. The number of thioether (sulfide) groups is 1. The Morgan fingerprint density at radius 1 is 1.27 bits per heavy atom. The highest BCUT2D eigenvalue weighted by Crippen LogP contribution is 2.30. The number of carbonyl (C=O) groups is 1. The summed E-state index contributed by atoms with van der Waals surface area (Å²) < 4.78 is 36.5. The van der Waals surface area contributed by atoms with Gasteiger partial charge in [0.15, 0.2) is 0 Å². The van der Waals surface area contributed by atoms with E-state index in [1.54, 1.807) is 17.8 Å². The summed E-state index contributed by atoms with van der Waals surface area (Å²) in [4.78, 5) is 12.8. The molecule has 26 heavy (non-hydrogen) atoms. The number of nitrogens with zero attached hydrogens (tertiary/aromatic N) is 1. The summed E-state index contributed by atoms with van der Waals surface area (Å²) in [6.45, 7) is 0. The fourth-order valence-corrected chi connectivity index (χ4v) is 4.49. The second kappa shape index (κ2) is 7.36. The van der Waals surface area contributed by atoms with Crippen molar-refractivity contribution < 1.29 is 17.6 Å². The van der Waals surface area contributed by atoms with Crippen molar-refractivity contribution in [2.45, 2.75) is 16.2 Å². The Bertz CT molecular complexity index is 1030. The fourth-order valence-electron chi connectivity index (χ4n) is 2.41. The van der Waals surface area contributed by atoms with Gasteiger partial charge in [-0.3, -0.25) is 4.79 Å². The summed E-state index contributed by atoms with van der Waals surface area (Å²) in [6.07, 6.45) is 0.560. The molecule has 2 aromatic rings. The molecule has 6 nitrogen and oxygen atoms in total. The molecule has 0 aromatic heterocycles. The van der Waals surface area contributed by atoms with E-state index in [0.29, 0.717) is 17.7 Å². The number of halogens is 2. The van der Waals surface area contributed by atoms with Crippen LogP contribution in [0.5, 0.6) is 0 Å². The van der Waals surface area contributed by atoms with Gasteiger partial charge in [0.05, 0.1) is 10.7 Å². The minimum absolute atomic E-state index is 0.0347. The molecule has 0 aliphatic carbocycles. The van der Waals surface area contributed by atoms with Gasteiger partial charge in [-0.2, -0.15) is 5.10 Å². The lowest BCUT2D eigenvalue weighted by atomic mass is 10.1. The second-order valence-corrected chi connectivity index (χ2v) is 8.50. The quantitative estimate of drug-likeness (QED) is 0.755. The van der Waals surface area contributed by atoms with Crippen molar-refractivity contribution in [1.82, 2.24) is 5.43 Å². The maximum atomic E-state index is 13.5. The Kier molecular flexibility index (Phi) is 5.33. The number of sulfonamides is 1. The summed E-state index contributed by atoms with van der Waals surface area (Å²) in [5.74, 6) is -0.264. The van der Waals surface area contributed by atoms with Gasteiger partial charge in [0, 0.05) is 28.2 Å². The van der Waals surface area contributed by atoms with Crippen LogP contribution in [0.1, 0.15) is 22.3 Å². The number of nitrogens with one attached hydrogen (secondary N) is 1. The van der Waals surface area contributed by atoms with E-state index >= 15 is 0 Å². The maximum Gasteiger partial charge on any atom is 0.271 e. The van der Waals surface area contributed by atoms with Crippen molar-refractivity contribution in [2.75, 3.05) is 5.75 Å². The standard InChI is InChI=1S/C16H13ClFN3O3S2/c17-12-3-1-9(7-15(12)26(19,23)24)16(22)21-20-13-5-6-25-14-4-2-10(18)8-11(13)14/h1-4,7-8H,5-6H2,(H,21,22)(H2,19,23,24)/b20-13-. The number of hydrogen-bond donors (Lipinski definition) is 2. The minimum Gasteiger partial charge on any atom is -0.267 e. The van der Waals surface area contributed by atoms with Crippen LogP contribution in [0.25, 0.3) is 0 Å². The van der Waals surface area contributed by atoms with Gasteiger partial charge in [-0.15, -0.1) is 11.8 Å². The van der Waals surface area contributed by atoms with Crippen LogP contribution in [0.3, 0.4) is 0 Å². The van der Waals surface area contributed by atoms with Gasteiger partial charge in [0.1, 0.15) is 10.7 Å². The van der Waals surface area contributed by atoms with Gasteiger partial charge < -0.3 is 0 Å². The lowest BCUT2D eigenvalue weighted by Gasteiger charge is -2.17. The molecule has 0 bridgehead atoms. The zero-order chi connectivity index (χ0) is 18.9. The number of amides is 1. The van der Waals surface area contributed by atoms with Gasteiger partial charge in [0.2, 0.25) is 10.0 Å². The third kappa shape index (κ3) is 4.07. The van der Waals surface area contributed by atoms with E-state index in [2.05, 4.69) is 10.5 Å². The highest BCUT2D eigenvalue weighted by atomic mass is 35.5. The molecule has 136 valence electrons. The van der Waals surface area contributed by atoms with Gasteiger partial charge in [-0.05, 0) is 36.4 Å². The van der Waals surface area contributed by atoms with Crippen molar-refractivity contribution in [1.29, 1.82) is 0 Å². The first kappa shape index (κ1) is 18.8. The van der Waals surface area contributed by atoms with E-state index in [9.17, 15) is 17.6 Å². The van der Waals surface area contributed by atoms with Gasteiger partial charge in [-0.1, -0.05) is 11.6 Å². The average molecular weight is 414 g/mol. The number of benzene rings is 2. The van der Waals surface area contributed by atoms with Crippen LogP contribution in [0, 0.1) is 5.82 Å². The van der Waals surface area contributed by atoms with Gasteiger partial charge in [-0.25, -0.2) is 23.4 Å². The first-order valence-electron chi connectivity index (χ1n) is 7.37. The number of hydrazone groups is 1. The molecule has 3 N–H and O–H groups in total. The molecule has 0 saturated carbocycles. The molecule has 0 radical (unpaired) electrons. The predicted octanol–water partition coefficient (Wildman–Crippen LogP) is 2.76. The van der Waals surface area contributed by atoms with E-state index in [0.717, 1.165) is 16.7 Å². The molecule has 0 fully saturated rings. The number of carbonyl (C=O) groups excluding carboxylic acids is 1. The first-order valence-corrected chi connectivity index (χ1v) is 10.3. The van der Waals surface area contributed by atoms with Crippen LogP contribution >= 0.6 is 23.4 Å². The maximum absolute atomic E-state index is 13.5. The first-order chi connectivity index (χ1) is 12.3. The molecule has 0 atom stereocenters. The van der Waals surface area contributed by atoms with E-state index in [1.165, 1.54) is 24.3 Å². The predicted molar refractivity (Wildman–Crippen MR) is 98.6 cm³/mol. The second-order valence-electron chi connectivity index (χ2n) is 5.43. The lowest BCUT2D eigenvalue weighted by Crippen LogP contribution is -2.22. The molecule has 1 aliphatic heterocycles. The van der Waals surface area contributed by atoms with Gasteiger partial charge >= 0.3 is 0 Å². The summed E-state index contributed by atoms with van der Waals surface area (Å²) in [6, 6.07) is 8.12. The molecule has 1 aliphatic rings.